The molecule has 0 atom stereocenters. The van der Waals surface area contributed by atoms with Gasteiger partial charge in [0, 0.05) is 30.5 Å². The largest absolute Gasteiger partial charge is 0.444 e. The van der Waals surface area contributed by atoms with Crippen LogP contribution in [0, 0.1) is 5.92 Å². The first-order chi connectivity index (χ1) is 13.3. The van der Waals surface area contributed by atoms with E-state index in [0.717, 1.165) is 24.1 Å². The molecule has 0 radical (unpaired) electrons. The van der Waals surface area contributed by atoms with Gasteiger partial charge < -0.3 is 15.0 Å². The molecule has 0 spiro atoms. The zero-order chi connectivity index (χ0) is 20.1. The van der Waals surface area contributed by atoms with Crippen LogP contribution in [0.25, 0.3) is 11.3 Å². The van der Waals surface area contributed by atoms with Crippen LogP contribution in [-0.4, -0.2) is 40.6 Å². The number of carbonyl (C=O) groups is 2. The monoisotopic (exact) mass is 401 g/mol. The number of nitrogens with zero attached hydrogens (tertiary/aromatic N) is 2. The van der Waals surface area contributed by atoms with Gasteiger partial charge in [-0.2, -0.15) is 0 Å². The summed E-state index contributed by atoms with van der Waals surface area (Å²) in [6, 6.07) is 9.90. The first-order valence-corrected chi connectivity index (χ1v) is 10.5. The van der Waals surface area contributed by atoms with E-state index in [1.807, 2.05) is 56.5 Å². The van der Waals surface area contributed by atoms with E-state index in [2.05, 4.69) is 10.3 Å². The summed E-state index contributed by atoms with van der Waals surface area (Å²) >= 11 is 1.43. The highest BCUT2D eigenvalue weighted by Crippen LogP contribution is 2.26. The van der Waals surface area contributed by atoms with E-state index in [4.69, 9.17) is 4.74 Å². The van der Waals surface area contributed by atoms with Crippen LogP contribution in [0.3, 0.4) is 0 Å². The number of benzene rings is 1. The lowest BCUT2D eigenvalue weighted by Crippen LogP contribution is -2.42. The number of ether oxygens (including phenoxy) is 1. The number of hydrogen-bond acceptors (Lipinski definition) is 5. The van der Waals surface area contributed by atoms with Crippen molar-refractivity contribution in [1.29, 1.82) is 0 Å². The summed E-state index contributed by atoms with van der Waals surface area (Å²) in [5, 5.41) is 5.48. The summed E-state index contributed by atoms with van der Waals surface area (Å²) in [6.45, 7) is 6.85. The van der Waals surface area contributed by atoms with Crippen molar-refractivity contribution in [3.8, 4) is 11.3 Å². The van der Waals surface area contributed by atoms with E-state index >= 15 is 0 Å². The maximum absolute atomic E-state index is 12.4. The van der Waals surface area contributed by atoms with Gasteiger partial charge in [0.05, 0.1) is 5.69 Å². The number of hydrogen-bond donors (Lipinski definition) is 1. The Bertz CT molecular complexity index is 806. The van der Waals surface area contributed by atoms with E-state index in [9.17, 15) is 9.59 Å². The minimum Gasteiger partial charge on any atom is -0.444 e. The van der Waals surface area contributed by atoms with Crippen LogP contribution in [0.5, 0.6) is 0 Å². The molecule has 1 aromatic carbocycles. The Balaban J connectivity index is 1.45. The van der Waals surface area contributed by atoms with E-state index in [0.29, 0.717) is 24.6 Å². The molecule has 1 fully saturated rings. The lowest BCUT2D eigenvalue weighted by molar-refractivity contribution is -0.117. The van der Waals surface area contributed by atoms with Crippen LogP contribution in [0.4, 0.5) is 9.93 Å². The predicted octanol–water partition coefficient (Wildman–Crippen LogP) is 4.79. The molecule has 0 aliphatic carbocycles. The Morgan fingerprint density at radius 1 is 1.21 bits per heavy atom. The van der Waals surface area contributed by atoms with E-state index in [1.165, 1.54) is 11.3 Å². The van der Waals surface area contributed by atoms with E-state index in [1.54, 1.807) is 4.90 Å². The van der Waals surface area contributed by atoms with Gasteiger partial charge in [0.1, 0.15) is 5.60 Å². The molecule has 0 bridgehead atoms. The zero-order valence-corrected chi connectivity index (χ0v) is 17.4. The third-order valence-electron chi connectivity index (χ3n) is 4.56. The number of carbonyl (C=O) groups excluding carboxylic acids is 2. The normalized spacial score (nSPS) is 15.3. The number of likely N-dealkylation sites (tertiary alicyclic amines) is 1. The molecule has 0 unspecified atom stereocenters. The molecular formula is C21H27N3O3S. The number of anilines is 1. The smallest absolute Gasteiger partial charge is 0.410 e. The summed E-state index contributed by atoms with van der Waals surface area (Å²) in [5.41, 5.74) is 1.42. The Kier molecular flexibility index (Phi) is 6.34. The second kappa shape index (κ2) is 8.73. The third kappa shape index (κ3) is 5.79. The molecule has 28 heavy (non-hydrogen) atoms. The molecule has 2 heterocycles. The summed E-state index contributed by atoms with van der Waals surface area (Å²) in [4.78, 5) is 30.7. The van der Waals surface area contributed by atoms with Crippen LogP contribution >= 0.6 is 11.3 Å². The van der Waals surface area contributed by atoms with Crippen LogP contribution in [0.15, 0.2) is 35.7 Å². The van der Waals surface area contributed by atoms with Gasteiger partial charge in [0.15, 0.2) is 5.13 Å². The van der Waals surface area contributed by atoms with Crippen LogP contribution in [-0.2, 0) is 9.53 Å². The molecule has 1 saturated heterocycles. The number of rotatable bonds is 4. The molecular weight excluding hydrogens is 374 g/mol. The minimum absolute atomic E-state index is 0.0234. The van der Waals surface area contributed by atoms with Gasteiger partial charge in [-0.3, -0.25) is 4.79 Å². The Hall–Kier alpha value is -2.41. The minimum atomic E-state index is -0.486. The molecule has 1 aliphatic rings. The van der Waals surface area contributed by atoms with E-state index < -0.39 is 5.60 Å². The van der Waals surface area contributed by atoms with Gasteiger partial charge in [0.25, 0.3) is 0 Å². The van der Waals surface area contributed by atoms with Gasteiger partial charge in [-0.1, -0.05) is 30.3 Å². The fraction of sp³-hybridized carbons (Fsp3) is 0.476. The summed E-state index contributed by atoms with van der Waals surface area (Å²) in [6.07, 6.45) is 1.79. The lowest BCUT2D eigenvalue weighted by Gasteiger charge is -2.33. The van der Waals surface area contributed by atoms with Crippen molar-refractivity contribution in [3.05, 3.63) is 35.7 Å². The average molecular weight is 402 g/mol. The fourth-order valence-electron chi connectivity index (χ4n) is 3.15. The first-order valence-electron chi connectivity index (χ1n) is 9.59. The predicted molar refractivity (Wildman–Crippen MR) is 111 cm³/mol. The SMILES string of the molecule is CC(C)(C)OC(=O)N1CCC(CC(=O)Nc2nc(-c3ccccc3)cs2)CC1. The maximum atomic E-state index is 12.4. The molecule has 2 aromatic rings. The molecule has 6 nitrogen and oxygen atoms in total. The van der Waals surface area contributed by atoms with Gasteiger partial charge >= 0.3 is 6.09 Å². The molecule has 150 valence electrons. The van der Waals surface area contributed by atoms with Crippen LogP contribution in [0.2, 0.25) is 0 Å². The van der Waals surface area contributed by atoms with Gasteiger partial charge in [-0.05, 0) is 39.5 Å². The summed E-state index contributed by atoms with van der Waals surface area (Å²) in [7, 11) is 0. The molecule has 2 amide bonds. The van der Waals surface area contributed by atoms with Crippen LogP contribution in [0.1, 0.15) is 40.0 Å². The molecule has 0 saturated carbocycles. The molecule has 1 aromatic heterocycles. The molecule has 1 N–H and O–H groups in total. The summed E-state index contributed by atoms with van der Waals surface area (Å²) < 4.78 is 5.41. The van der Waals surface area contributed by atoms with Crippen molar-refractivity contribution in [1.82, 2.24) is 9.88 Å². The van der Waals surface area contributed by atoms with Crippen molar-refractivity contribution < 1.29 is 14.3 Å². The first kappa shape index (κ1) is 20.3. The molecule has 3 rings (SSSR count). The quantitative estimate of drug-likeness (QED) is 0.800. The standard InChI is InChI=1S/C21H27N3O3S/c1-21(2,3)27-20(26)24-11-9-15(10-12-24)13-18(25)23-19-22-17(14-28-19)16-7-5-4-6-8-16/h4-8,14-15H,9-13H2,1-3H3,(H,22,23,25). The Labute approximate surface area is 169 Å². The number of thiazole rings is 1. The lowest BCUT2D eigenvalue weighted by atomic mass is 9.93. The topological polar surface area (TPSA) is 71.5 Å². The van der Waals surface area contributed by atoms with Gasteiger partial charge in [-0.15, -0.1) is 11.3 Å². The fourth-order valence-corrected chi connectivity index (χ4v) is 3.89. The Morgan fingerprint density at radius 3 is 2.54 bits per heavy atom. The zero-order valence-electron chi connectivity index (χ0n) is 16.6. The maximum Gasteiger partial charge on any atom is 0.410 e. The van der Waals surface area contributed by atoms with Gasteiger partial charge in [0.2, 0.25) is 5.91 Å². The van der Waals surface area contributed by atoms with Crippen LogP contribution < -0.4 is 5.32 Å². The van der Waals surface area contributed by atoms with Crippen molar-refractivity contribution in [2.45, 2.75) is 45.6 Å². The van der Waals surface area contributed by atoms with E-state index in [-0.39, 0.29) is 17.9 Å². The number of amides is 2. The molecule has 7 heteroatoms. The van der Waals surface area contributed by atoms with Gasteiger partial charge in [-0.25, -0.2) is 9.78 Å². The molecule has 1 aliphatic heterocycles. The highest BCUT2D eigenvalue weighted by molar-refractivity contribution is 7.14. The van der Waals surface area contributed by atoms with Crippen molar-refractivity contribution in [2.24, 2.45) is 5.92 Å². The van der Waals surface area contributed by atoms with Crippen molar-refractivity contribution in [3.63, 3.8) is 0 Å². The Morgan fingerprint density at radius 2 is 1.89 bits per heavy atom. The number of nitrogens with one attached hydrogen (secondary N) is 1. The highest BCUT2D eigenvalue weighted by atomic mass is 32.1. The number of piperidine rings is 1. The third-order valence-corrected chi connectivity index (χ3v) is 5.32. The van der Waals surface area contributed by atoms with Crippen molar-refractivity contribution in [2.75, 3.05) is 18.4 Å². The number of aromatic nitrogens is 1. The van der Waals surface area contributed by atoms with Crippen molar-refractivity contribution >= 4 is 28.5 Å². The second-order valence-corrected chi connectivity index (χ2v) is 8.93. The summed E-state index contributed by atoms with van der Waals surface area (Å²) in [5.74, 6) is 0.247. The average Bonchev–Trinajstić information content (AvgIpc) is 3.10. The highest BCUT2D eigenvalue weighted by Gasteiger charge is 2.27. The second-order valence-electron chi connectivity index (χ2n) is 8.07.